The summed E-state index contributed by atoms with van der Waals surface area (Å²) in [6, 6.07) is 9.37. The number of carboxylic acids is 1. The third-order valence-corrected chi connectivity index (χ3v) is 3.35. The Labute approximate surface area is 112 Å². The number of anilines is 1. The molecular formula is C15H16NO3-. The fourth-order valence-electron chi connectivity index (χ4n) is 2.16. The van der Waals surface area contributed by atoms with Gasteiger partial charge in [-0.3, -0.25) is 4.79 Å². The van der Waals surface area contributed by atoms with Crippen LogP contribution in [0.1, 0.15) is 19.8 Å². The van der Waals surface area contributed by atoms with Gasteiger partial charge in [0.15, 0.2) is 0 Å². The van der Waals surface area contributed by atoms with Crippen LogP contribution in [0, 0.1) is 5.92 Å². The zero-order valence-corrected chi connectivity index (χ0v) is 10.8. The highest BCUT2D eigenvalue weighted by Gasteiger charge is 2.34. The van der Waals surface area contributed by atoms with Crippen LogP contribution in [0.3, 0.4) is 0 Å². The van der Waals surface area contributed by atoms with E-state index in [1.54, 1.807) is 4.90 Å². The zero-order valence-electron chi connectivity index (χ0n) is 10.8. The highest BCUT2D eigenvalue weighted by atomic mass is 16.4. The molecule has 0 bridgehead atoms. The molecule has 1 saturated carbocycles. The minimum absolute atomic E-state index is 0.0707. The molecule has 1 aliphatic carbocycles. The third-order valence-electron chi connectivity index (χ3n) is 3.35. The lowest BCUT2D eigenvalue weighted by molar-refractivity contribution is -0.297. The first-order valence-electron chi connectivity index (χ1n) is 6.37. The molecule has 0 spiro atoms. The van der Waals surface area contributed by atoms with Crippen molar-refractivity contribution in [3.05, 3.63) is 42.5 Å². The Balaban J connectivity index is 2.23. The van der Waals surface area contributed by atoms with Crippen molar-refractivity contribution >= 4 is 17.6 Å². The zero-order chi connectivity index (χ0) is 13.8. The van der Waals surface area contributed by atoms with Crippen LogP contribution in [0.25, 0.3) is 0 Å². The summed E-state index contributed by atoms with van der Waals surface area (Å²) in [4.78, 5) is 24.2. The quantitative estimate of drug-likeness (QED) is 0.744. The molecule has 0 radical (unpaired) electrons. The Morgan fingerprint density at radius 2 is 1.89 bits per heavy atom. The van der Waals surface area contributed by atoms with Crippen molar-refractivity contribution in [3.8, 4) is 0 Å². The van der Waals surface area contributed by atoms with E-state index in [0.717, 1.165) is 30.7 Å². The Kier molecular flexibility index (Phi) is 4.00. The molecule has 2 rings (SSSR count). The molecule has 1 atom stereocenters. The standard InChI is InChI=1S/C15H17NO3/c1-11(12-7-8-12)16(13-5-3-2-4-6-13)14(17)9-10-15(18)19/h2-6,9-12H,7-8H2,1H3,(H,18,19)/p-1/b10-9+/t11-/m0/s1. The van der Waals surface area contributed by atoms with Gasteiger partial charge in [-0.1, -0.05) is 18.2 Å². The average Bonchev–Trinajstić information content (AvgIpc) is 3.22. The van der Waals surface area contributed by atoms with Crippen LogP contribution in [0.15, 0.2) is 42.5 Å². The molecule has 0 aliphatic heterocycles. The Hall–Kier alpha value is -2.10. The van der Waals surface area contributed by atoms with Gasteiger partial charge < -0.3 is 14.8 Å². The summed E-state index contributed by atoms with van der Waals surface area (Å²) in [6.45, 7) is 2.00. The summed E-state index contributed by atoms with van der Waals surface area (Å²) >= 11 is 0. The second-order valence-corrected chi connectivity index (χ2v) is 4.77. The maximum atomic E-state index is 12.2. The predicted molar refractivity (Wildman–Crippen MR) is 70.3 cm³/mol. The number of benzene rings is 1. The van der Waals surface area contributed by atoms with E-state index in [1.807, 2.05) is 37.3 Å². The van der Waals surface area contributed by atoms with E-state index in [2.05, 4.69) is 0 Å². The van der Waals surface area contributed by atoms with Crippen molar-refractivity contribution in [1.29, 1.82) is 0 Å². The van der Waals surface area contributed by atoms with E-state index in [9.17, 15) is 14.7 Å². The number of nitrogens with zero attached hydrogens (tertiary/aromatic N) is 1. The smallest absolute Gasteiger partial charge is 0.251 e. The molecule has 19 heavy (non-hydrogen) atoms. The van der Waals surface area contributed by atoms with Gasteiger partial charge in [0.05, 0.1) is 5.97 Å². The third kappa shape index (κ3) is 3.44. The van der Waals surface area contributed by atoms with Gasteiger partial charge in [0, 0.05) is 17.8 Å². The van der Waals surface area contributed by atoms with Crippen molar-refractivity contribution in [2.75, 3.05) is 4.90 Å². The lowest BCUT2D eigenvalue weighted by atomic mass is 10.1. The first-order chi connectivity index (χ1) is 9.09. The summed E-state index contributed by atoms with van der Waals surface area (Å²) in [5.41, 5.74) is 0.787. The largest absolute Gasteiger partial charge is 0.545 e. The van der Waals surface area contributed by atoms with Crippen LogP contribution in [0.5, 0.6) is 0 Å². The first kappa shape index (κ1) is 13.3. The molecule has 0 unspecified atom stereocenters. The first-order valence-corrected chi connectivity index (χ1v) is 6.37. The van der Waals surface area contributed by atoms with E-state index >= 15 is 0 Å². The van der Waals surface area contributed by atoms with Crippen molar-refractivity contribution < 1.29 is 14.7 Å². The molecule has 0 heterocycles. The van der Waals surface area contributed by atoms with Crippen molar-refractivity contribution in [2.24, 2.45) is 5.92 Å². The van der Waals surface area contributed by atoms with E-state index in [1.165, 1.54) is 0 Å². The van der Waals surface area contributed by atoms with E-state index < -0.39 is 5.97 Å². The summed E-state index contributed by atoms with van der Waals surface area (Å²) in [5, 5.41) is 10.4. The topological polar surface area (TPSA) is 60.4 Å². The maximum absolute atomic E-state index is 12.2. The SMILES string of the molecule is C[C@@H](C1CC1)N(C(=O)/C=C/C(=O)[O-])c1ccccc1. The Bertz CT molecular complexity index is 491. The van der Waals surface area contributed by atoms with Crippen LogP contribution in [0.2, 0.25) is 0 Å². The molecule has 100 valence electrons. The summed E-state index contributed by atoms with van der Waals surface area (Å²) in [6.07, 6.45) is 4.06. The van der Waals surface area contributed by atoms with Crippen molar-refractivity contribution in [2.45, 2.75) is 25.8 Å². The highest BCUT2D eigenvalue weighted by Crippen LogP contribution is 2.37. The van der Waals surface area contributed by atoms with Gasteiger partial charge in [-0.2, -0.15) is 0 Å². The van der Waals surface area contributed by atoms with Gasteiger partial charge in [0.2, 0.25) is 0 Å². The van der Waals surface area contributed by atoms with Crippen LogP contribution < -0.4 is 10.0 Å². The van der Waals surface area contributed by atoms with Gasteiger partial charge >= 0.3 is 0 Å². The lowest BCUT2D eigenvalue weighted by Gasteiger charge is -2.28. The molecule has 1 amide bonds. The lowest BCUT2D eigenvalue weighted by Crippen LogP contribution is -2.39. The predicted octanol–water partition coefficient (Wildman–Crippen LogP) is 1.12. The van der Waals surface area contributed by atoms with Gasteiger partial charge in [0.25, 0.3) is 5.91 Å². The molecule has 1 fully saturated rings. The fourth-order valence-corrected chi connectivity index (χ4v) is 2.16. The molecule has 0 N–H and O–H groups in total. The van der Waals surface area contributed by atoms with Crippen LogP contribution >= 0.6 is 0 Å². The van der Waals surface area contributed by atoms with Crippen molar-refractivity contribution in [3.63, 3.8) is 0 Å². The molecule has 4 nitrogen and oxygen atoms in total. The second kappa shape index (κ2) is 5.69. The normalized spacial score (nSPS) is 16.3. The molecule has 1 aromatic carbocycles. The second-order valence-electron chi connectivity index (χ2n) is 4.77. The van der Waals surface area contributed by atoms with Crippen LogP contribution in [0.4, 0.5) is 5.69 Å². The van der Waals surface area contributed by atoms with Crippen LogP contribution in [-0.4, -0.2) is 17.9 Å². The maximum Gasteiger partial charge on any atom is 0.251 e. The number of hydrogen-bond acceptors (Lipinski definition) is 3. The Morgan fingerprint density at radius 1 is 1.26 bits per heavy atom. The number of carbonyl (C=O) groups is 2. The van der Waals surface area contributed by atoms with E-state index in [0.29, 0.717) is 5.92 Å². The minimum atomic E-state index is -1.36. The van der Waals surface area contributed by atoms with Gasteiger partial charge in [-0.25, -0.2) is 0 Å². The summed E-state index contributed by atoms with van der Waals surface area (Å²) in [5.74, 6) is -1.18. The average molecular weight is 258 g/mol. The number of aliphatic carboxylic acids is 1. The van der Waals surface area contributed by atoms with Gasteiger partial charge in [-0.05, 0) is 43.9 Å². The van der Waals surface area contributed by atoms with E-state index in [4.69, 9.17) is 0 Å². The number of rotatable bonds is 5. The van der Waals surface area contributed by atoms with Gasteiger partial charge in [0.1, 0.15) is 0 Å². The summed E-state index contributed by atoms with van der Waals surface area (Å²) in [7, 11) is 0. The molecule has 0 saturated heterocycles. The minimum Gasteiger partial charge on any atom is -0.545 e. The number of carbonyl (C=O) groups excluding carboxylic acids is 2. The fraction of sp³-hybridized carbons (Fsp3) is 0.333. The van der Waals surface area contributed by atoms with Crippen molar-refractivity contribution in [1.82, 2.24) is 0 Å². The Morgan fingerprint density at radius 3 is 2.42 bits per heavy atom. The molecule has 1 aromatic rings. The van der Waals surface area contributed by atoms with Gasteiger partial charge in [-0.15, -0.1) is 0 Å². The number of hydrogen-bond donors (Lipinski definition) is 0. The number of carboxylic acid groups (broad SMARTS) is 1. The molecular weight excluding hydrogens is 242 g/mol. The molecule has 0 aromatic heterocycles. The highest BCUT2D eigenvalue weighted by molar-refractivity contribution is 6.04. The monoisotopic (exact) mass is 258 g/mol. The number of amides is 1. The van der Waals surface area contributed by atoms with E-state index in [-0.39, 0.29) is 11.9 Å². The van der Waals surface area contributed by atoms with Crippen LogP contribution in [-0.2, 0) is 9.59 Å². The molecule has 1 aliphatic rings. The summed E-state index contributed by atoms with van der Waals surface area (Å²) < 4.78 is 0. The molecule has 4 heteroatoms. The number of para-hydroxylation sites is 1.